The maximum atomic E-state index is 5.23. The highest BCUT2D eigenvalue weighted by Gasteiger charge is 2.13. The molecule has 2 rings (SSSR count). The third-order valence-corrected chi connectivity index (χ3v) is 2.94. The third-order valence-electron chi connectivity index (χ3n) is 2.94. The minimum atomic E-state index is 0.669. The first kappa shape index (κ1) is 11.2. The maximum Gasteiger partial charge on any atom is 0.168 e. The number of hydrogen-bond acceptors (Lipinski definition) is 4. The molecule has 4 heteroatoms. The second-order valence-corrected chi connectivity index (χ2v) is 4.06. The van der Waals surface area contributed by atoms with Crippen LogP contribution in [0, 0.1) is 0 Å². The lowest BCUT2D eigenvalue weighted by molar-refractivity contribution is 0.414. The predicted octanol–water partition coefficient (Wildman–Crippen LogP) is 1.64. The van der Waals surface area contributed by atoms with Crippen LogP contribution in [0.25, 0.3) is 0 Å². The summed E-state index contributed by atoms with van der Waals surface area (Å²) in [5.41, 5.74) is 0. The zero-order valence-electron chi connectivity index (χ0n) is 9.70. The van der Waals surface area contributed by atoms with E-state index in [0.29, 0.717) is 6.04 Å². The molecule has 1 atom stereocenters. The minimum Gasteiger partial charge on any atom is -0.493 e. The van der Waals surface area contributed by atoms with Crippen LogP contribution in [-0.2, 0) is 0 Å². The number of rotatable bonds is 5. The van der Waals surface area contributed by atoms with E-state index in [1.54, 1.807) is 13.3 Å². The standard InChI is InChI=1S/C12H19N3O/c1-16-11-5-3-8-14-12(11)15-9-6-10-4-2-7-13-10/h3,5,8,10,13H,2,4,6-7,9H2,1H3,(H,14,15)/t10-/m0/s1. The molecular weight excluding hydrogens is 202 g/mol. The highest BCUT2D eigenvalue weighted by atomic mass is 16.5. The number of pyridine rings is 1. The highest BCUT2D eigenvalue weighted by molar-refractivity contribution is 5.49. The smallest absolute Gasteiger partial charge is 0.168 e. The van der Waals surface area contributed by atoms with Crippen LogP contribution in [0.15, 0.2) is 18.3 Å². The van der Waals surface area contributed by atoms with Crippen molar-refractivity contribution in [2.45, 2.75) is 25.3 Å². The van der Waals surface area contributed by atoms with Crippen molar-refractivity contribution in [3.8, 4) is 5.75 Å². The van der Waals surface area contributed by atoms with Gasteiger partial charge in [0.25, 0.3) is 0 Å². The summed E-state index contributed by atoms with van der Waals surface area (Å²) in [4.78, 5) is 4.26. The van der Waals surface area contributed by atoms with Gasteiger partial charge in [-0.25, -0.2) is 4.98 Å². The molecule has 0 aromatic carbocycles. The molecule has 1 aromatic rings. The van der Waals surface area contributed by atoms with Crippen molar-refractivity contribution in [1.29, 1.82) is 0 Å². The largest absolute Gasteiger partial charge is 0.493 e. The second kappa shape index (κ2) is 5.70. The van der Waals surface area contributed by atoms with E-state index in [1.165, 1.54) is 12.8 Å². The highest BCUT2D eigenvalue weighted by Crippen LogP contribution is 2.20. The molecule has 2 N–H and O–H groups in total. The van der Waals surface area contributed by atoms with Crippen LogP contribution >= 0.6 is 0 Å². The molecule has 0 saturated carbocycles. The Labute approximate surface area is 96.4 Å². The molecule has 0 bridgehead atoms. The van der Waals surface area contributed by atoms with Crippen molar-refractivity contribution in [2.75, 3.05) is 25.5 Å². The van der Waals surface area contributed by atoms with Crippen LogP contribution in [0.1, 0.15) is 19.3 Å². The van der Waals surface area contributed by atoms with E-state index in [2.05, 4.69) is 15.6 Å². The van der Waals surface area contributed by atoms with Gasteiger partial charge in [-0.3, -0.25) is 0 Å². The number of nitrogens with one attached hydrogen (secondary N) is 2. The normalized spacial score (nSPS) is 19.7. The minimum absolute atomic E-state index is 0.669. The van der Waals surface area contributed by atoms with Crippen molar-refractivity contribution >= 4 is 5.82 Å². The lowest BCUT2D eigenvalue weighted by Crippen LogP contribution is -2.24. The fourth-order valence-electron chi connectivity index (χ4n) is 2.06. The third kappa shape index (κ3) is 2.85. The summed E-state index contributed by atoms with van der Waals surface area (Å²) in [6.45, 7) is 2.10. The fourth-order valence-corrected chi connectivity index (χ4v) is 2.06. The molecule has 0 unspecified atom stereocenters. The molecule has 88 valence electrons. The second-order valence-electron chi connectivity index (χ2n) is 4.06. The van der Waals surface area contributed by atoms with Crippen molar-refractivity contribution < 1.29 is 4.74 Å². The molecule has 1 fully saturated rings. The molecule has 16 heavy (non-hydrogen) atoms. The van der Waals surface area contributed by atoms with Gasteiger partial charge in [0, 0.05) is 18.8 Å². The Balaban J connectivity index is 1.79. The van der Waals surface area contributed by atoms with E-state index in [4.69, 9.17) is 4.74 Å². The summed E-state index contributed by atoms with van der Waals surface area (Å²) in [5, 5.41) is 6.79. The number of anilines is 1. The maximum absolute atomic E-state index is 5.23. The Morgan fingerprint density at radius 3 is 3.31 bits per heavy atom. The van der Waals surface area contributed by atoms with Crippen LogP contribution in [0.2, 0.25) is 0 Å². The molecule has 1 aromatic heterocycles. The van der Waals surface area contributed by atoms with Gasteiger partial charge in [-0.15, -0.1) is 0 Å². The number of hydrogen-bond donors (Lipinski definition) is 2. The number of aromatic nitrogens is 1. The van der Waals surface area contributed by atoms with E-state index in [0.717, 1.165) is 31.1 Å². The first-order valence-corrected chi connectivity index (χ1v) is 5.86. The summed E-state index contributed by atoms with van der Waals surface area (Å²) < 4.78 is 5.23. The molecule has 2 heterocycles. The molecule has 4 nitrogen and oxygen atoms in total. The van der Waals surface area contributed by atoms with E-state index in [-0.39, 0.29) is 0 Å². The van der Waals surface area contributed by atoms with Crippen LogP contribution in [0.3, 0.4) is 0 Å². The Kier molecular flexibility index (Phi) is 3.99. The summed E-state index contributed by atoms with van der Waals surface area (Å²) >= 11 is 0. The molecule has 1 saturated heterocycles. The predicted molar refractivity (Wildman–Crippen MR) is 64.9 cm³/mol. The Morgan fingerprint density at radius 1 is 1.62 bits per heavy atom. The van der Waals surface area contributed by atoms with Gasteiger partial charge in [-0.2, -0.15) is 0 Å². The van der Waals surface area contributed by atoms with E-state index < -0.39 is 0 Å². The zero-order valence-corrected chi connectivity index (χ0v) is 9.70. The van der Waals surface area contributed by atoms with E-state index in [9.17, 15) is 0 Å². The molecule has 0 amide bonds. The SMILES string of the molecule is COc1cccnc1NCC[C@@H]1CCCN1. The van der Waals surface area contributed by atoms with E-state index >= 15 is 0 Å². The molecule has 1 aliphatic heterocycles. The average Bonchev–Trinajstić information content (AvgIpc) is 2.83. The summed E-state index contributed by atoms with van der Waals surface area (Å²) in [5.74, 6) is 1.64. The first-order valence-electron chi connectivity index (χ1n) is 5.86. The van der Waals surface area contributed by atoms with E-state index in [1.807, 2.05) is 12.1 Å². The molecule has 0 spiro atoms. The van der Waals surface area contributed by atoms with Gasteiger partial charge in [0.05, 0.1) is 7.11 Å². The lowest BCUT2D eigenvalue weighted by atomic mass is 10.1. The van der Waals surface area contributed by atoms with Gasteiger partial charge in [-0.05, 0) is 37.9 Å². The van der Waals surface area contributed by atoms with Crippen LogP contribution in [0.5, 0.6) is 5.75 Å². The van der Waals surface area contributed by atoms with Gasteiger partial charge in [0.2, 0.25) is 0 Å². The molecule has 0 radical (unpaired) electrons. The monoisotopic (exact) mass is 221 g/mol. The van der Waals surface area contributed by atoms with Gasteiger partial charge in [0.15, 0.2) is 11.6 Å². The average molecular weight is 221 g/mol. The summed E-state index contributed by atoms with van der Waals surface area (Å²) in [6.07, 6.45) is 5.51. The van der Waals surface area contributed by atoms with Gasteiger partial charge in [-0.1, -0.05) is 0 Å². The van der Waals surface area contributed by atoms with Gasteiger partial charge < -0.3 is 15.4 Å². The lowest BCUT2D eigenvalue weighted by Gasteiger charge is -2.12. The fraction of sp³-hybridized carbons (Fsp3) is 0.583. The Hall–Kier alpha value is -1.29. The van der Waals surface area contributed by atoms with Gasteiger partial charge >= 0.3 is 0 Å². The van der Waals surface area contributed by atoms with Crippen molar-refractivity contribution in [3.63, 3.8) is 0 Å². The van der Waals surface area contributed by atoms with Crippen LogP contribution in [0.4, 0.5) is 5.82 Å². The zero-order chi connectivity index (χ0) is 11.2. The topological polar surface area (TPSA) is 46.2 Å². The first-order chi connectivity index (χ1) is 7.90. The molecular formula is C12H19N3O. The quantitative estimate of drug-likeness (QED) is 0.793. The Bertz CT molecular complexity index is 324. The number of nitrogens with zero attached hydrogens (tertiary/aromatic N) is 1. The molecule has 0 aliphatic carbocycles. The van der Waals surface area contributed by atoms with Crippen molar-refractivity contribution in [1.82, 2.24) is 10.3 Å². The van der Waals surface area contributed by atoms with Crippen LogP contribution in [-0.4, -0.2) is 31.2 Å². The van der Waals surface area contributed by atoms with Crippen LogP contribution < -0.4 is 15.4 Å². The van der Waals surface area contributed by atoms with Gasteiger partial charge in [0.1, 0.15) is 0 Å². The number of ether oxygens (including phenoxy) is 1. The summed E-state index contributed by atoms with van der Waals surface area (Å²) in [7, 11) is 1.67. The summed E-state index contributed by atoms with van der Waals surface area (Å²) in [6, 6.07) is 4.47. The molecule has 1 aliphatic rings. The van der Waals surface area contributed by atoms with Crippen molar-refractivity contribution in [3.05, 3.63) is 18.3 Å². The number of methoxy groups -OCH3 is 1. The Morgan fingerprint density at radius 2 is 2.56 bits per heavy atom. The van der Waals surface area contributed by atoms with Crippen molar-refractivity contribution in [2.24, 2.45) is 0 Å².